The smallest absolute Gasteiger partial charge is 0.0446 e. The van der Waals surface area contributed by atoms with Gasteiger partial charge in [-0.05, 0) is 30.6 Å². The molecule has 17 heavy (non-hydrogen) atoms. The van der Waals surface area contributed by atoms with E-state index in [0.717, 1.165) is 12.3 Å². The predicted molar refractivity (Wildman–Crippen MR) is 74.1 cm³/mol. The molecule has 0 aliphatic heterocycles. The molecule has 1 aliphatic carbocycles. The Morgan fingerprint density at radius 1 is 1.24 bits per heavy atom. The van der Waals surface area contributed by atoms with E-state index >= 15 is 0 Å². The first-order valence-electron chi connectivity index (χ1n) is 7.36. The highest BCUT2D eigenvalue weighted by atomic mass is 16.3. The molecule has 0 spiro atoms. The van der Waals surface area contributed by atoms with Gasteiger partial charge in [-0.1, -0.05) is 47.0 Å². The zero-order valence-electron chi connectivity index (χ0n) is 12.1. The fourth-order valence-corrected chi connectivity index (χ4v) is 3.07. The molecule has 2 nitrogen and oxygen atoms in total. The van der Waals surface area contributed by atoms with Crippen molar-refractivity contribution in [3.8, 4) is 0 Å². The number of rotatable bonds is 5. The first-order valence-corrected chi connectivity index (χ1v) is 7.36. The summed E-state index contributed by atoms with van der Waals surface area (Å²) < 4.78 is 0. The quantitative estimate of drug-likeness (QED) is 0.773. The van der Waals surface area contributed by atoms with Gasteiger partial charge in [0.25, 0.3) is 0 Å². The Morgan fingerprint density at radius 2 is 1.88 bits per heavy atom. The average Bonchev–Trinajstić information content (AvgIpc) is 2.28. The van der Waals surface area contributed by atoms with Gasteiger partial charge in [-0.15, -0.1) is 0 Å². The van der Waals surface area contributed by atoms with Gasteiger partial charge in [0.05, 0.1) is 0 Å². The van der Waals surface area contributed by atoms with Crippen LogP contribution in [-0.4, -0.2) is 23.8 Å². The fraction of sp³-hybridized carbons (Fsp3) is 1.00. The lowest BCUT2D eigenvalue weighted by atomic mass is 9.79. The molecule has 2 N–H and O–H groups in total. The largest absolute Gasteiger partial charge is 0.396 e. The summed E-state index contributed by atoms with van der Waals surface area (Å²) in [6, 6.07) is 1.11. The molecule has 3 atom stereocenters. The summed E-state index contributed by atoms with van der Waals surface area (Å²) >= 11 is 0. The SMILES string of the molecule is CCC1CCCCC1NC(CCO)C(C)(C)C. The Kier molecular flexibility index (Phi) is 5.94. The van der Waals surface area contributed by atoms with Crippen LogP contribution in [0.15, 0.2) is 0 Å². The predicted octanol–water partition coefficient (Wildman–Crippen LogP) is 3.34. The van der Waals surface area contributed by atoms with Crippen molar-refractivity contribution in [2.24, 2.45) is 11.3 Å². The zero-order valence-corrected chi connectivity index (χ0v) is 12.1. The van der Waals surface area contributed by atoms with Crippen LogP contribution in [0.4, 0.5) is 0 Å². The maximum Gasteiger partial charge on any atom is 0.0446 e. The van der Waals surface area contributed by atoms with Crippen LogP contribution in [0.5, 0.6) is 0 Å². The zero-order chi connectivity index (χ0) is 12.9. The molecule has 3 unspecified atom stereocenters. The van der Waals surface area contributed by atoms with Crippen LogP contribution < -0.4 is 5.32 Å². The van der Waals surface area contributed by atoms with Gasteiger partial charge < -0.3 is 10.4 Å². The molecule has 0 amide bonds. The summed E-state index contributed by atoms with van der Waals surface area (Å²) in [5.41, 5.74) is 0.235. The summed E-state index contributed by atoms with van der Waals surface area (Å²) in [4.78, 5) is 0. The number of aliphatic hydroxyl groups is 1. The molecule has 0 aromatic carbocycles. The number of hydrogen-bond acceptors (Lipinski definition) is 2. The maximum atomic E-state index is 9.21. The van der Waals surface area contributed by atoms with E-state index in [-0.39, 0.29) is 5.41 Å². The van der Waals surface area contributed by atoms with Crippen LogP contribution in [0.25, 0.3) is 0 Å². The van der Waals surface area contributed by atoms with E-state index in [1.54, 1.807) is 0 Å². The molecule has 0 aromatic heterocycles. The molecule has 102 valence electrons. The normalized spacial score (nSPS) is 28.1. The average molecular weight is 241 g/mol. The fourth-order valence-electron chi connectivity index (χ4n) is 3.07. The second kappa shape index (κ2) is 6.75. The molecule has 1 saturated carbocycles. The molecule has 1 rings (SSSR count). The molecule has 0 bridgehead atoms. The molecular formula is C15H31NO. The molecule has 0 radical (unpaired) electrons. The highest BCUT2D eigenvalue weighted by Gasteiger charge is 2.30. The van der Waals surface area contributed by atoms with Crippen LogP contribution in [0.2, 0.25) is 0 Å². The van der Waals surface area contributed by atoms with Gasteiger partial charge in [0.2, 0.25) is 0 Å². The minimum atomic E-state index is 0.235. The van der Waals surface area contributed by atoms with Crippen molar-refractivity contribution >= 4 is 0 Å². The summed E-state index contributed by atoms with van der Waals surface area (Å²) in [5.74, 6) is 0.840. The van der Waals surface area contributed by atoms with Crippen molar-refractivity contribution < 1.29 is 5.11 Å². The topological polar surface area (TPSA) is 32.3 Å². The van der Waals surface area contributed by atoms with Crippen LogP contribution >= 0.6 is 0 Å². The third-order valence-corrected chi connectivity index (χ3v) is 4.31. The summed E-state index contributed by atoms with van der Waals surface area (Å²) in [5, 5.41) is 13.1. The van der Waals surface area contributed by atoms with Gasteiger partial charge >= 0.3 is 0 Å². The lowest BCUT2D eigenvalue weighted by molar-refractivity contribution is 0.151. The highest BCUT2D eigenvalue weighted by Crippen LogP contribution is 2.30. The van der Waals surface area contributed by atoms with E-state index in [2.05, 4.69) is 33.0 Å². The van der Waals surface area contributed by atoms with Crippen LogP contribution in [-0.2, 0) is 0 Å². The van der Waals surface area contributed by atoms with E-state index in [4.69, 9.17) is 0 Å². The van der Waals surface area contributed by atoms with Crippen molar-refractivity contribution in [3.63, 3.8) is 0 Å². The number of nitrogens with one attached hydrogen (secondary N) is 1. The van der Waals surface area contributed by atoms with E-state index < -0.39 is 0 Å². The van der Waals surface area contributed by atoms with Crippen molar-refractivity contribution in [3.05, 3.63) is 0 Å². The summed E-state index contributed by atoms with van der Waals surface area (Å²) in [6.45, 7) is 9.40. The molecule has 0 heterocycles. The molecule has 0 saturated heterocycles. The standard InChI is InChI=1S/C15H31NO/c1-5-12-8-6-7-9-13(12)16-14(10-11-17)15(2,3)4/h12-14,16-17H,5-11H2,1-4H3. The lowest BCUT2D eigenvalue weighted by Crippen LogP contribution is -2.50. The van der Waals surface area contributed by atoms with Crippen molar-refractivity contribution in [1.82, 2.24) is 5.32 Å². The minimum absolute atomic E-state index is 0.235. The van der Waals surface area contributed by atoms with Gasteiger partial charge in [0, 0.05) is 18.7 Å². The van der Waals surface area contributed by atoms with Crippen LogP contribution in [0, 0.1) is 11.3 Å². The minimum Gasteiger partial charge on any atom is -0.396 e. The van der Waals surface area contributed by atoms with Crippen LogP contribution in [0.1, 0.15) is 66.2 Å². The Hall–Kier alpha value is -0.0800. The molecule has 2 heteroatoms. The van der Waals surface area contributed by atoms with Crippen molar-refractivity contribution in [2.45, 2.75) is 78.3 Å². The van der Waals surface area contributed by atoms with Gasteiger partial charge in [-0.25, -0.2) is 0 Å². The van der Waals surface area contributed by atoms with E-state index in [0.29, 0.717) is 18.7 Å². The maximum absolute atomic E-state index is 9.21. The summed E-state index contributed by atoms with van der Waals surface area (Å²) in [7, 11) is 0. The third kappa shape index (κ3) is 4.59. The third-order valence-electron chi connectivity index (χ3n) is 4.31. The van der Waals surface area contributed by atoms with Gasteiger partial charge in [-0.3, -0.25) is 0 Å². The Labute approximate surface area is 107 Å². The number of hydrogen-bond donors (Lipinski definition) is 2. The molecule has 0 aromatic rings. The first-order chi connectivity index (χ1) is 7.99. The van der Waals surface area contributed by atoms with Gasteiger partial charge in [0.15, 0.2) is 0 Å². The molecule has 1 aliphatic rings. The second-order valence-electron chi connectivity index (χ2n) is 6.66. The van der Waals surface area contributed by atoms with E-state index in [1.807, 2.05) is 0 Å². The van der Waals surface area contributed by atoms with Crippen molar-refractivity contribution in [1.29, 1.82) is 0 Å². The molecular weight excluding hydrogens is 210 g/mol. The van der Waals surface area contributed by atoms with E-state index in [9.17, 15) is 5.11 Å². The number of aliphatic hydroxyl groups excluding tert-OH is 1. The van der Waals surface area contributed by atoms with Gasteiger partial charge in [0.1, 0.15) is 0 Å². The Bertz CT molecular complexity index is 209. The van der Waals surface area contributed by atoms with Gasteiger partial charge in [-0.2, -0.15) is 0 Å². The van der Waals surface area contributed by atoms with E-state index in [1.165, 1.54) is 32.1 Å². The summed E-state index contributed by atoms with van der Waals surface area (Å²) in [6.07, 6.45) is 7.62. The first kappa shape index (κ1) is 15.0. The lowest BCUT2D eigenvalue weighted by Gasteiger charge is -2.39. The Balaban J connectivity index is 2.58. The monoisotopic (exact) mass is 241 g/mol. The Morgan fingerprint density at radius 3 is 2.41 bits per heavy atom. The van der Waals surface area contributed by atoms with Crippen LogP contribution in [0.3, 0.4) is 0 Å². The second-order valence-corrected chi connectivity index (χ2v) is 6.66. The van der Waals surface area contributed by atoms with Crippen molar-refractivity contribution in [2.75, 3.05) is 6.61 Å². The highest BCUT2D eigenvalue weighted by molar-refractivity contribution is 4.88. The molecule has 1 fully saturated rings.